The molecule has 1 fully saturated rings. The van der Waals surface area contributed by atoms with Crippen molar-refractivity contribution in [1.82, 2.24) is 10.2 Å². The first-order chi connectivity index (χ1) is 9.61. The van der Waals surface area contributed by atoms with Crippen molar-refractivity contribution in [2.75, 3.05) is 20.6 Å². The minimum atomic E-state index is -0.0286. The number of likely N-dealkylation sites (N-methyl/N-ethyl adjacent to an activating group) is 1. The molecular weight excluding hydrogens is 248 g/mol. The van der Waals surface area contributed by atoms with Gasteiger partial charge in [-0.05, 0) is 42.9 Å². The van der Waals surface area contributed by atoms with Gasteiger partial charge in [-0.3, -0.25) is 4.79 Å². The fourth-order valence-corrected chi connectivity index (χ4v) is 2.97. The fraction of sp³-hybridized carbons (Fsp3) is 0.588. The molecule has 3 heteroatoms. The van der Waals surface area contributed by atoms with Gasteiger partial charge in [0.05, 0.1) is 6.04 Å². The van der Waals surface area contributed by atoms with E-state index in [-0.39, 0.29) is 11.9 Å². The lowest BCUT2D eigenvalue weighted by Crippen LogP contribution is -2.47. The monoisotopic (exact) mass is 274 g/mol. The maximum Gasteiger partial charge on any atom is 0.239 e. The van der Waals surface area contributed by atoms with Crippen LogP contribution in [0.3, 0.4) is 0 Å². The second-order valence-corrected chi connectivity index (χ2v) is 5.95. The van der Waals surface area contributed by atoms with E-state index in [1.807, 2.05) is 14.1 Å². The van der Waals surface area contributed by atoms with Gasteiger partial charge in [0, 0.05) is 14.1 Å². The topological polar surface area (TPSA) is 32.3 Å². The lowest BCUT2D eigenvalue weighted by molar-refractivity contribution is -0.131. The molecule has 1 heterocycles. The van der Waals surface area contributed by atoms with E-state index in [1.165, 1.54) is 17.5 Å². The number of aryl methyl sites for hydroxylation is 1. The van der Waals surface area contributed by atoms with Crippen molar-refractivity contribution in [2.45, 2.75) is 44.6 Å². The zero-order valence-corrected chi connectivity index (χ0v) is 12.9. The van der Waals surface area contributed by atoms with Gasteiger partial charge in [0.1, 0.15) is 0 Å². The van der Waals surface area contributed by atoms with Crippen molar-refractivity contribution in [3.63, 3.8) is 0 Å². The van der Waals surface area contributed by atoms with Gasteiger partial charge in [-0.25, -0.2) is 0 Å². The summed E-state index contributed by atoms with van der Waals surface area (Å²) in [6.07, 6.45) is 4.36. The molecule has 1 aromatic carbocycles. The van der Waals surface area contributed by atoms with Crippen molar-refractivity contribution in [2.24, 2.45) is 0 Å². The molecule has 2 rings (SSSR count). The molecule has 110 valence electrons. The van der Waals surface area contributed by atoms with Crippen LogP contribution in [0.25, 0.3) is 0 Å². The Morgan fingerprint density at radius 1 is 1.30 bits per heavy atom. The first-order valence-corrected chi connectivity index (χ1v) is 7.65. The highest BCUT2D eigenvalue weighted by Gasteiger charge is 2.28. The Morgan fingerprint density at radius 3 is 2.60 bits per heavy atom. The molecule has 2 atom stereocenters. The molecule has 0 aliphatic carbocycles. The van der Waals surface area contributed by atoms with E-state index in [2.05, 4.69) is 36.5 Å². The van der Waals surface area contributed by atoms with E-state index in [0.717, 1.165) is 25.8 Å². The zero-order valence-electron chi connectivity index (χ0n) is 12.9. The smallest absolute Gasteiger partial charge is 0.239 e. The number of rotatable bonds is 4. The highest BCUT2D eigenvalue weighted by atomic mass is 16.2. The van der Waals surface area contributed by atoms with Gasteiger partial charge >= 0.3 is 0 Å². The summed E-state index contributed by atoms with van der Waals surface area (Å²) in [5.41, 5.74) is 2.79. The summed E-state index contributed by atoms with van der Waals surface area (Å²) in [7, 11) is 3.65. The molecule has 3 nitrogen and oxygen atoms in total. The third kappa shape index (κ3) is 3.60. The maximum absolute atomic E-state index is 12.1. The van der Waals surface area contributed by atoms with Crippen LogP contribution in [0, 0.1) is 0 Å². The number of benzene rings is 1. The number of nitrogens with one attached hydrogen (secondary N) is 1. The van der Waals surface area contributed by atoms with Crippen LogP contribution in [-0.2, 0) is 11.2 Å². The molecule has 1 N–H and O–H groups in total. The van der Waals surface area contributed by atoms with Gasteiger partial charge < -0.3 is 10.2 Å². The Balaban J connectivity index is 2.03. The molecule has 1 aliphatic heterocycles. The third-order valence-corrected chi connectivity index (χ3v) is 4.13. The number of nitrogens with zero attached hydrogens (tertiary/aromatic N) is 1. The summed E-state index contributed by atoms with van der Waals surface area (Å²) in [6, 6.07) is 8.95. The predicted octanol–water partition coefficient (Wildman–Crippen LogP) is 2.56. The van der Waals surface area contributed by atoms with Gasteiger partial charge in [-0.15, -0.1) is 0 Å². The van der Waals surface area contributed by atoms with Gasteiger partial charge in [0.2, 0.25) is 5.91 Å². The Morgan fingerprint density at radius 2 is 2.00 bits per heavy atom. The standard InChI is InChI=1S/C17H26N2O/c1-4-5-13-6-8-14(9-7-13)15-10-11-18-16(12-15)17(20)19(2)3/h6-9,15-16,18H,4-5,10-12H2,1-3H3. The SMILES string of the molecule is CCCc1ccc(C2CCNC(C(=O)N(C)C)C2)cc1. The molecule has 2 unspecified atom stereocenters. The summed E-state index contributed by atoms with van der Waals surface area (Å²) < 4.78 is 0. The molecular formula is C17H26N2O. The summed E-state index contributed by atoms with van der Waals surface area (Å²) in [5, 5.41) is 3.34. The fourth-order valence-electron chi connectivity index (χ4n) is 2.97. The third-order valence-electron chi connectivity index (χ3n) is 4.13. The van der Waals surface area contributed by atoms with E-state index in [4.69, 9.17) is 0 Å². The summed E-state index contributed by atoms with van der Waals surface area (Å²) in [6.45, 7) is 3.13. The second-order valence-electron chi connectivity index (χ2n) is 5.95. The Kier molecular flexibility index (Phi) is 5.18. The van der Waals surface area contributed by atoms with Crippen LogP contribution in [0.2, 0.25) is 0 Å². The number of carbonyl (C=O) groups excluding carboxylic acids is 1. The van der Waals surface area contributed by atoms with E-state index in [9.17, 15) is 4.79 Å². The largest absolute Gasteiger partial charge is 0.347 e. The minimum absolute atomic E-state index is 0.0286. The second kappa shape index (κ2) is 6.89. The average molecular weight is 274 g/mol. The molecule has 1 aliphatic rings. The molecule has 1 saturated heterocycles. The Labute approximate surface area is 122 Å². The lowest BCUT2D eigenvalue weighted by atomic mass is 9.85. The van der Waals surface area contributed by atoms with Gasteiger partial charge in [0.15, 0.2) is 0 Å². The van der Waals surface area contributed by atoms with Crippen molar-refractivity contribution in [1.29, 1.82) is 0 Å². The molecule has 0 spiro atoms. The maximum atomic E-state index is 12.1. The highest BCUT2D eigenvalue weighted by molar-refractivity contribution is 5.81. The van der Waals surface area contributed by atoms with Crippen LogP contribution in [0.4, 0.5) is 0 Å². The van der Waals surface area contributed by atoms with E-state index in [1.54, 1.807) is 4.90 Å². The van der Waals surface area contributed by atoms with E-state index < -0.39 is 0 Å². The Hall–Kier alpha value is -1.35. The van der Waals surface area contributed by atoms with Crippen LogP contribution in [0.1, 0.15) is 43.2 Å². The van der Waals surface area contributed by atoms with Crippen molar-refractivity contribution < 1.29 is 4.79 Å². The first kappa shape index (κ1) is 15.0. The number of hydrogen-bond donors (Lipinski definition) is 1. The van der Waals surface area contributed by atoms with Crippen molar-refractivity contribution >= 4 is 5.91 Å². The van der Waals surface area contributed by atoms with Crippen LogP contribution in [-0.4, -0.2) is 37.5 Å². The van der Waals surface area contributed by atoms with Gasteiger partial charge in [0.25, 0.3) is 0 Å². The molecule has 0 aromatic heterocycles. The number of carbonyl (C=O) groups is 1. The van der Waals surface area contributed by atoms with Crippen LogP contribution in [0.5, 0.6) is 0 Å². The van der Waals surface area contributed by atoms with Crippen LogP contribution < -0.4 is 5.32 Å². The van der Waals surface area contributed by atoms with Crippen LogP contribution in [0.15, 0.2) is 24.3 Å². The predicted molar refractivity (Wildman–Crippen MR) is 82.9 cm³/mol. The minimum Gasteiger partial charge on any atom is -0.347 e. The molecule has 0 radical (unpaired) electrons. The zero-order chi connectivity index (χ0) is 14.5. The van der Waals surface area contributed by atoms with Crippen molar-refractivity contribution in [3.8, 4) is 0 Å². The number of hydrogen-bond acceptors (Lipinski definition) is 2. The average Bonchev–Trinajstić information content (AvgIpc) is 2.47. The van der Waals surface area contributed by atoms with E-state index in [0.29, 0.717) is 5.92 Å². The quantitative estimate of drug-likeness (QED) is 0.915. The normalized spacial score (nSPS) is 22.6. The molecule has 1 aromatic rings. The summed E-state index contributed by atoms with van der Waals surface area (Å²) >= 11 is 0. The first-order valence-electron chi connectivity index (χ1n) is 7.65. The van der Waals surface area contributed by atoms with Crippen molar-refractivity contribution in [3.05, 3.63) is 35.4 Å². The number of piperidine rings is 1. The van der Waals surface area contributed by atoms with E-state index >= 15 is 0 Å². The molecule has 20 heavy (non-hydrogen) atoms. The summed E-state index contributed by atoms with van der Waals surface area (Å²) in [5.74, 6) is 0.693. The lowest BCUT2D eigenvalue weighted by Gasteiger charge is -2.31. The Bertz CT molecular complexity index is 439. The molecule has 0 bridgehead atoms. The van der Waals surface area contributed by atoms with Crippen LogP contribution >= 0.6 is 0 Å². The van der Waals surface area contributed by atoms with Gasteiger partial charge in [-0.1, -0.05) is 37.6 Å². The molecule has 0 saturated carbocycles. The summed E-state index contributed by atoms with van der Waals surface area (Å²) in [4.78, 5) is 13.8. The highest BCUT2D eigenvalue weighted by Crippen LogP contribution is 2.28. The van der Waals surface area contributed by atoms with Gasteiger partial charge in [-0.2, -0.15) is 0 Å². The number of amides is 1. The molecule has 1 amide bonds.